The van der Waals surface area contributed by atoms with Gasteiger partial charge in [0.05, 0.1) is 22.0 Å². The van der Waals surface area contributed by atoms with Crippen molar-refractivity contribution in [3.8, 4) is 11.4 Å². The normalized spacial score (nSPS) is 18.0. The van der Waals surface area contributed by atoms with Crippen molar-refractivity contribution in [3.05, 3.63) is 59.0 Å². The molecule has 2 aliphatic rings. The van der Waals surface area contributed by atoms with Crippen LogP contribution >= 0.6 is 11.8 Å². The Balaban J connectivity index is 1.09. The fourth-order valence-electron chi connectivity index (χ4n) is 3.99. The lowest BCUT2D eigenvalue weighted by Crippen LogP contribution is -2.38. The van der Waals surface area contributed by atoms with E-state index in [-0.39, 0.29) is 11.1 Å². The Morgan fingerprint density at radius 3 is 2.71 bits per heavy atom. The molecule has 0 saturated carbocycles. The standard InChI is InChI=1S/C23H24N8O2S/c32-21-20(34-23(33)29-21)11-17-3-7-25-22(28-17)31-9-5-15(6-10-31)12-24-13-16-1-2-18(26-14-16)19-4-8-27-30-19/h1-4,7-8,11,14-15,24H,5-6,9-10,12-13H2,(H,27,30)(H,29,32,33)/b20-11+. The Kier molecular flexibility index (Phi) is 6.63. The molecular weight excluding hydrogens is 452 g/mol. The van der Waals surface area contributed by atoms with Crippen LogP contribution in [-0.4, -0.2) is 55.9 Å². The van der Waals surface area contributed by atoms with E-state index in [0.717, 1.165) is 67.7 Å². The molecule has 0 aliphatic carbocycles. The van der Waals surface area contributed by atoms with Gasteiger partial charge in [-0.2, -0.15) is 5.10 Å². The van der Waals surface area contributed by atoms with E-state index < -0.39 is 0 Å². The smallest absolute Gasteiger partial charge is 0.290 e. The SMILES string of the molecule is O=C1NC(=O)/C(=C\c2ccnc(N3CCC(CNCc4ccc(-c5ccn[nH]5)nc4)CC3)n2)S1. The quantitative estimate of drug-likeness (QED) is 0.441. The van der Waals surface area contributed by atoms with Gasteiger partial charge in [0, 0.05) is 38.2 Å². The second-order valence-corrected chi connectivity index (χ2v) is 9.23. The minimum absolute atomic E-state index is 0.352. The number of hydrogen-bond acceptors (Lipinski definition) is 9. The number of carbonyl (C=O) groups is 2. The fraction of sp³-hybridized carbons (Fsp3) is 0.304. The highest BCUT2D eigenvalue weighted by atomic mass is 32.2. The molecule has 3 N–H and O–H groups in total. The molecule has 0 spiro atoms. The second kappa shape index (κ2) is 10.1. The molecule has 2 saturated heterocycles. The first-order valence-electron chi connectivity index (χ1n) is 11.1. The molecule has 3 aromatic rings. The van der Waals surface area contributed by atoms with Crippen LogP contribution in [0.2, 0.25) is 0 Å². The molecule has 2 aliphatic heterocycles. The molecule has 10 nitrogen and oxygen atoms in total. The number of amides is 2. The first kappa shape index (κ1) is 22.2. The van der Waals surface area contributed by atoms with Gasteiger partial charge >= 0.3 is 0 Å². The summed E-state index contributed by atoms with van der Waals surface area (Å²) in [6.45, 7) is 3.48. The van der Waals surface area contributed by atoms with Crippen molar-refractivity contribution in [2.24, 2.45) is 5.92 Å². The minimum atomic E-state index is -0.381. The summed E-state index contributed by atoms with van der Waals surface area (Å²) in [5.74, 6) is 0.857. The fourth-order valence-corrected chi connectivity index (χ4v) is 4.66. The number of anilines is 1. The average molecular weight is 477 g/mol. The van der Waals surface area contributed by atoms with Gasteiger partial charge < -0.3 is 10.2 Å². The third kappa shape index (κ3) is 5.32. The van der Waals surface area contributed by atoms with E-state index in [1.807, 2.05) is 18.3 Å². The van der Waals surface area contributed by atoms with E-state index in [1.54, 1.807) is 24.5 Å². The molecule has 5 heterocycles. The molecule has 0 unspecified atom stereocenters. The maximum atomic E-state index is 11.8. The predicted octanol–water partition coefficient (Wildman–Crippen LogP) is 2.59. The molecule has 0 radical (unpaired) electrons. The highest BCUT2D eigenvalue weighted by molar-refractivity contribution is 8.18. The lowest BCUT2D eigenvalue weighted by Gasteiger charge is -2.32. The number of nitrogens with zero attached hydrogens (tertiary/aromatic N) is 5. The molecule has 0 aromatic carbocycles. The monoisotopic (exact) mass is 476 g/mol. The Hall–Kier alpha value is -3.57. The van der Waals surface area contributed by atoms with E-state index in [0.29, 0.717) is 22.5 Å². The van der Waals surface area contributed by atoms with Gasteiger partial charge in [0.1, 0.15) is 0 Å². The van der Waals surface area contributed by atoms with Gasteiger partial charge in [-0.05, 0) is 66.9 Å². The number of nitrogens with one attached hydrogen (secondary N) is 3. The summed E-state index contributed by atoms with van der Waals surface area (Å²) in [7, 11) is 0. The van der Waals surface area contributed by atoms with Crippen LogP contribution in [0.1, 0.15) is 24.1 Å². The lowest BCUT2D eigenvalue weighted by molar-refractivity contribution is -0.115. The predicted molar refractivity (Wildman–Crippen MR) is 130 cm³/mol. The molecule has 34 heavy (non-hydrogen) atoms. The Morgan fingerprint density at radius 1 is 1.12 bits per heavy atom. The summed E-state index contributed by atoms with van der Waals surface area (Å²) in [4.78, 5) is 39.1. The number of hydrogen-bond donors (Lipinski definition) is 3. The van der Waals surface area contributed by atoms with E-state index in [9.17, 15) is 9.59 Å². The van der Waals surface area contributed by atoms with E-state index in [1.165, 1.54) is 0 Å². The first-order valence-corrected chi connectivity index (χ1v) is 11.9. The number of pyridine rings is 1. The molecule has 2 fully saturated rings. The zero-order chi connectivity index (χ0) is 23.3. The number of thioether (sulfide) groups is 1. The molecule has 5 rings (SSSR count). The van der Waals surface area contributed by atoms with Crippen LogP contribution < -0.4 is 15.5 Å². The third-order valence-electron chi connectivity index (χ3n) is 5.85. The van der Waals surface area contributed by atoms with Crippen LogP contribution in [0.5, 0.6) is 0 Å². The van der Waals surface area contributed by atoms with Gasteiger partial charge in [0.15, 0.2) is 0 Å². The lowest BCUT2D eigenvalue weighted by atomic mass is 9.97. The largest absolute Gasteiger partial charge is 0.341 e. The molecule has 3 aromatic heterocycles. The van der Waals surface area contributed by atoms with Crippen LogP contribution in [0.3, 0.4) is 0 Å². The van der Waals surface area contributed by atoms with Crippen LogP contribution in [0.25, 0.3) is 17.5 Å². The van der Waals surface area contributed by atoms with Gasteiger partial charge in [-0.1, -0.05) is 6.07 Å². The summed E-state index contributed by atoms with van der Waals surface area (Å²) >= 11 is 0.889. The highest BCUT2D eigenvalue weighted by Crippen LogP contribution is 2.26. The summed E-state index contributed by atoms with van der Waals surface area (Å²) in [6.07, 6.45) is 9.03. The Morgan fingerprint density at radius 2 is 2.00 bits per heavy atom. The maximum absolute atomic E-state index is 11.8. The average Bonchev–Trinajstić information content (AvgIpc) is 3.50. The van der Waals surface area contributed by atoms with Crippen LogP contribution in [0.15, 0.2) is 47.8 Å². The zero-order valence-corrected chi connectivity index (χ0v) is 19.2. The van der Waals surface area contributed by atoms with Crippen molar-refractivity contribution in [2.45, 2.75) is 19.4 Å². The molecule has 11 heteroatoms. The summed E-state index contributed by atoms with van der Waals surface area (Å²) in [5, 5.41) is 12.3. The van der Waals surface area contributed by atoms with Crippen molar-refractivity contribution in [1.29, 1.82) is 0 Å². The number of aromatic amines is 1. The molecule has 0 bridgehead atoms. The van der Waals surface area contributed by atoms with Crippen molar-refractivity contribution in [3.63, 3.8) is 0 Å². The zero-order valence-electron chi connectivity index (χ0n) is 18.4. The van der Waals surface area contributed by atoms with Gasteiger partial charge in [0.25, 0.3) is 11.1 Å². The van der Waals surface area contributed by atoms with Crippen LogP contribution in [0, 0.1) is 5.92 Å². The number of rotatable bonds is 7. The summed E-state index contributed by atoms with van der Waals surface area (Å²) < 4.78 is 0. The molecule has 0 atom stereocenters. The van der Waals surface area contributed by atoms with E-state index in [2.05, 4.69) is 46.7 Å². The first-order chi connectivity index (χ1) is 16.6. The third-order valence-corrected chi connectivity index (χ3v) is 6.66. The van der Waals surface area contributed by atoms with Crippen molar-refractivity contribution in [1.82, 2.24) is 35.8 Å². The van der Waals surface area contributed by atoms with E-state index in [4.69, 9.17) is 0 Å². The van der Waals surface area contributed by atoms with Gasteiger partial charge in [-0.15, -0.1) is 0 Å². The number of aromatic nitrogens is 5. The molecular formula is C23H24N8O2S. The highest BCUT2D eigenvalue weighted by Gasteiger charge is 2.25. The molecule has 174 valence electrons. The van der Waals surface area contributed by atoms with Crippen molar-refractivity contribution >= 4 is 34.9 Å². The number of imide groups is 1. The number of piperidine rings is 1. The Labute approximate surface area is 200 Å². The van der Waals surface area contributed by atoms with Crippen LogP contribution in [-0.2, 0) is 11.3 Å². The van der Waals surface area contributed by atoms with Crippen molar-refractivity contribution in [2.75, 3.05) is 24.5 Å². The van der Waals surface area contributed by atoms with Crippen molar-refractivity contribution < 1.29 is 9.59 Å². The van der Waals surface area contributed by atoms with Gasteiger partial charge in [-0.25, -0.2) is 9.97 Å². The minimum Gasteiger partial charge on any atom is -0.341 e. The topological polar surface area (TPSA) is 129 Å². The van der Waals surface area contributed by atoms with E-state index >= 15 is 0 Å². The maximum Gasteiger partial charge on any atom is 0.290 e. The summed E-state index contributed by atoms with van der Waals surface area (Å²) in [6, 6.07) is 7.73. The summed E-state index contributed by atoms with van der Waals surface area (Å²) in [5.41, 5.74) is 3.56. The van der Waals surface area contributed by atoms with Gasteiger partial charge in [-0.3, -0.25) is 25.0 Å². The second-order valence-electron chi connectivity index (χ2n) is 8.22. The number of carbonyl (C=O) groups excluding carboxylic acids is 2. The number of H-pyrrole nitrogens is 1. The molecule has 2 amide bonds. The Bertz CT molecular complexity index is 1190. The van der Waals surface area contributed by atoms with Crippen LogP contribution in [0.4, 0.5) is 10.7 Å². The van der Waals surface area contributed by atoms with Gasteiger partial charge in [0.2, 0.25) is 5.95 Å².